The first-order valence-electron chi connectivity index (χ1n) is 4.74. The molecule has 1 unspecified atom stereocenters. The summed E-state index contributed by atoms with van der Waals surface area (Å²) >= 11 is 0. The number of anilines is 1. The van der Waals surface area contributed by atoms with Gasteiger partial charge in [-0.3, -0.25) is 0 Å². The van der Waals surface area contributed by atoms with Gasteiger partial charge in [-0.05, 0) is 32.0 Å². The molecule has 0 radical (unpaired) electrons. The number of rotatable bonds is 1. The number of likely N-dealkylation sites (N-methyl/N-ethyl adjacent to an activating group) is 1. The van der Waals surface area contributed by atoms with Crippen molar-refractivity contribution in [3.05, 3.63) is 28.8 Å². The Morgan fingerprint density at radius 3 is 2.85 bits per heavy atom. The third-order valence-electron chi connectivity index (χ3n) is 2.72. The van der Waals surface area contributed by atoms with E-state index < -0.39 is 0 Å². The molecule has 0 saturated heterocycles. The van der Waals surface area contributed by atoms with Crippen molar-refractivity contribution >= 4 is 5.69 Å². The largest absolute Gasteiger partial charge is 0.383 e. The van der Waals surface area contributed by atoms with Crippen LogP contribution in [0.1, 0.15) is 22.7 Å². The van der Waals surface area contributed by atoms with Crippen LogP contribution < -0.4 is 10.6 Å². The van der Waals surface area contributed by atoms with Crippen molar-refractivity contribution in [3.63, 3.8) is 0 Å². The molecule has 0 aromatic heterocycles. The smallest absolute Gasteiger partial charge is 0.0514 e. The van der Waals surface area contributed by atoms with Gasteiger partial charge < -0.3 is 10.6 Å². The minimum Gasteiger partial charge on any atom is -0.383 e. The van der Waals surface area contributed by atoms with Crippen LogP contribution >= 0.6 is 0 Å². The minimum absolute atomic E-state index is 0.480. The summed E-state index contributed by atoms with van der Waals surface area (Å²) in [5.74, 6) is 0. The molecule has 0 fully saturated rings. The van der Waals surface area contributed by atoms with Crippen molar-refractivity contribution in [1.29, 1.82) is 0 Å². The molecule has 1 atom stereocenters. The molecular formula is C11H16N2. The lowest BCUT2D eigenvalue weighted by molar-refractivity contribution is 0.648. The lowest BCUT2D eigenvalue weighted by atomic mass is 10.0. The number of aryl methyl sites for hydroxylation is 2. The Morgan fingerprint density at radius 1 is 1.38 bits per heavy atom. The van der Waals surface area contributed by atoms with Gasteiger partial charge >= 0.3 is 0 Å². The molecule has 13 heavy (non-hydrogen) atoms. The van der Waals surface area contributed by atoms with E-state index in [0.717, 1.165) is 6.54 Å². The van der Waals surface area contributed by atoms with Crippen molar-refractivity contribution in [2.75, 3.05) is 18.9 Å². The second-order valence-electron chi connectivity index (χ2n) is 3.77. The van der Waals surface area contributed by atoms with Crippen molar-refractivity contribution in [2.24, 2.45) is 0 Å². The topological polar surface area (TPSA) is 24.1 Å². The standard InChI is InChI=1S/C11H16N2/c1-7-4-8(2)11-9(5-7)10(12-3)6-13-11/h4-5,10,12-13H,6H2,1-3H3. The maximum atomic E-state index is 3.43. The quantitative estimate of drug-likeness (QED) is 0.683. The first-order chi connectivity index (χ1) is 6.22. The summed E-state index contributed by atoms with van der Waals surface area (Å²) < 4.78 is 0. The van der Waals surface area contributed by atoms with E-state index in [-0.39, 0.29) is 0 Å². The Hall–Kier alpha value is -1.02. The van der Waals surface area contributed by atoms with Crippen LogP contribution in [0.2, 0.25) is 0 Å². The molecule has 2 nitrogen and oxygen atoms in total. The van der Waals surface area contributed by atoms with Gasteiger partial charge in [-0.2, -0.15) is 0 Å². The van der Waals surface area contributed by atoms with Gasteiger partial charge in [-0.15, -0.1) is 0 Å². The zero-order chi connectivity index (χ0) is 9.42. The Kier molecular flexibility index (Phi) is 2.00. The van der Waals surface area contributed by atoms with Crippen LogP contribution in [0.15, 0.2) is 12.1 Å². The number of nitrogens with one attached hydrogen (secondary N) is 2. The van der Waals surface area contributed by atoms with Crippen molar-refractivity contribution in [2.45, 2.75) is 19.9 Å². The molecule has 1 aliphatic rings. The Labute approximate surface area is 79.4 Å². The van der Waals surface area contributed by atoms with Gasteiger partial charge in [0.05, 0.1) is 6.04 Å². The van der Waals surface area contributed by atoms with Gasteiger partial charge in [0.25, 0.3) is 0 Å². The molecule has 2 heteroatoms. The number of fused-ring (bicyclic) bond motifs is 1. The van der Waals surface area contributed by atoms with Gasteiger partial charge in [0.15, 0.2) is 0 Å². The summed E-state index contributed by atoms with van der Waals surface area (Å²) in [6.07, 6.45) is 0. The van der Waals surface area contributed by atoms with E-state index in [2.05, 4.69) is 36.6 Å². The fourth-order valence-electron chi connectivity index (χ4n) is 2.09. The highest BCUT2D eigenvalue weighted by molar-refractivity contribution is 5.63. The van der Waals surface area contributed by atoms with Crippen LogP contribution in [0.25, 0.3) is 0 Å². The molecule has 2 rings (SSSR count). The summed E-state index contributed by atoms with van der Waals surface area (Å²) in [7, 11) is 2.01. The Bertz CT molecular complexity index is 331. The highest BCUT2D eigenvalue weighted by atomic mass is 15.0. The fraction of sp³-hybridized carbons (Fsp3) is 0.455. The third-order valence-corrected chi connectivity index (χ3v) is 2.72. The van der Waals surface area contributed by atoms with Gasteiger partial charge in [0.2, 0.25) is 0 Å². The molecule has 70 valence electrons. The van der Waals surface area contributed by atoms with Gasteiger partial charge in [0.1, 0.15) is 0 Å². The van der Waals surface area contributed by atoms with Gasteiger partial charge in [-0.1, -0.05) is 17.7 Å². The van der Waals surface area contributed by atoms with E-state index in [1.807, 2.05) is 7.05 Å². The lowest BCUT2D eigenvalue weighted by Crippen LogP contribution is -2.17. The predicted octanol–water partition coefficient (Wildman–Crippen LogP) is 1.99. The Morgan fingerprint density at radius 2 is 2.15 bits per heavy atom. The van der Waals surface area contributed by atoms with Gasteiger partial charge in [0, 0.05) is 12.2 Å². The molecular weight excluding hydrogens is 160 g/mol. The molecule has 1 heterocycles. The van der Waals surface area contributed by atoms with Gasteiger partial charge in [-0.25, -0.2) is 0 Å². The average Bonchev–Trinajstić information content (AvgIpc) is 2.47. The SMILES string of the molecule is CNC1CNc2c(C)cc(C)cc21. The molecule has 0 amide bonds. The molecule has 0 spiro atoms. The zero-order valence-corrected chi connectivity index (χ0v) is 8.44. The van der Waals surface area contributed by atoms with Crippen LogP contribution in [0.4, 0.5) is 5.69 Å². The van der Waals surface area contributed by atoms with E-state index in [1.165, 1.54) is 22.4 Å². The van der Waals surface area contributed by atoms with Crippen molar-refractivity contribution in [3.8, 4) is 0 Å². The number of benzene rings is 1. The van der Waals surface area contributed by atoms with Crippen LogP contribution in [0.5, 0.6) is 0 Å². The summed E-state index contributed by atoms with van der Waals surface area (Å²) in [6, 6.07) is 4.97. The van der Waals surface area contributed by atoms with Crippen molar-refractivity contribution < 1.29 is 0 Å². The van der Waals surface area contributed by atoms with Crippen LogP contribution in [-0.4, -0.2) is 13.6 Å². The zero-order valence-electron chi connectivity index (χ0n) is 8.44. The monoisotopic (exact) mass is 176 g/mol. The minimum atomic E-state index is 0.480. The van der Waals surface area contributed by atoms with E-state index in [0.29, 0.717) is 6.04 Å². The Balaban J connectivity index is 2.51. The summed E-state index contributed by atoms with van der Waals surface area (Å²) in [5.41, 5.74) is 5.44. The second kappa shape index (κ2) is 3.04. The lowest BCUT2D eigenvalue weighted by Gasteiger charge is -2.09. The summed E-state index contributed by atoms with van der Waals surface area (Å²) in [6.45, 7) is 5.32. The molecule has 1 aromatic carbocycles. The highest BCUT2D eigenvalue weighted by Gasteiger charge is 2.21. The second-order valence-corrected chi connectivity index (χ2v) is 3.77. The van der Waals surface area contributed by atoms with Crippen LogP contribution in [-0.2, 0) is 0 Å². The summed E-state index contributed by atoms with van der Waals surface area (Å²) in [5, 5.41) is 6.75. The molecule has 0 saturated carbocycles. The molecule has 0 aliphatic carbocycles. The number of hydrogen-bond acceptors (Lipinski definition) is 2. The van der Waals surface area contributed by atoms with E-state index in [9.17, 15) is 0 Å². The molecule has 1 aliphatic heterocycles. The summed E-state index contributed by atoms with van der Waals surface area (Å²) in [4.78, 5) is 0. The van der Waals surface area contributed by atoms with Crippen LogP contribution in [0.3, 0.4) is 0 Å². The first kappa shape index (κ1) is 8.57. The normalized spacial score (nSPS) is 19.8. The van der Waals surface area contributed by atoms with E-state index >= 15 is 0 Å². The van der Waals surface area contributed by atoms with E-state index in [1.54, 1.807) is 0 Å². The van der Waals surface area contributed by atoms with E-state index in [4.69, 9.17) is 0 Å². The highest BCUT2D eigenvalue weighted by Crippen LogP contribution is 2.33. The number of hydrogen-bond donors (Lipinski definition) is 2. The third kappa shape index (κ3) is 1.31. The predicted molar refractivity (Wildman–Crippen MR) is 56.2 cm³/mol. The van der Waals surface area contributed by atoms with Crippen molar-refractivity contribution in [1.82, 2.24) is 5.32 Å². The fourth-order valence-corrected chi connectivity index (χ4v) is 2.09. The maximum Gasteiger partial charge on any atom is 0.0514 e. The first-order valence-corrected chi connectivity index (χ1v) is 4.74. The van der Waals surface area contributed by atoms with Crippen LogP contribution in [0, 0.1) is 13.8 Å². The molecule has 0 bridgehead atoms. The maximum absolute atomic E-state index is 3.43. The molecule has 2 N–H and O–H groups in total. The average molecular weight is 176 g/mol. The molecule has 1 aromatic rings.